The van der Waals surface area contributed by atoms with E-state index >= 15 is 0 Å². The van der Waals surface area contributed by atoms with Crippen molar-refractivity contribution in [2.75, 3.05) is 6.54 Å². The molecule has 14 heavy (non-hydrogen) atoms. The van der Waals surface area contributed by atoms with Gasteiger partial charge in [0.05, 0.1) is 0 Å². The average Bonchev–Trinajstić information content (AvgIpc) is 2.14. The van der Waals surface area contributed by atoms with Gasteiger partial charge < -0.3 is 11.1 Å². The second kappa shape index (κ2) is 7.80. The highest BCUT2D eigenvalue weighted by Crippen LogP contribution is 2.00. The van der Waals surface area contributed by atoms with Gasteiger partial charge in [-0.1, -0.05) is 33.6 Å². The van der Waals surface area contributed by atoms with Crippen LogP contribution in [0, 0.1) is 5.92 Å². The Morgan fingerprint density at radius 1 is 1.36 bits per heavy atom. The summed E-state index contributed by atoms with van der Waals surface area (Å²) in [6.45, 7) is 7.11. The summed E-state index contributed by atoms with van der Waals surface area (Å²) in [6, 6.07) is -0.0692. The van der Waals surface area contributed by atoms with Gasteiger partial charge in [0.2, 0.25) is 0 Å². The zero-order valence-electron chi connectivity index (χ0n) is 9.81. The summed E-state index contributed by atoms with van der Waals surface area (Å²) >= 11 is 0. The Balaban J connectivity index is 3.54. The fourth-order valence-electron chi connectivity index (χ4n) is 1.22. The molecule has 84 valence electrons. The second-order valence-corrected chi connectivity index (χ2v) is 4.33. The molecule has 0 saturated carbocycles. The van der Waals surface area contributed by atoms with Crippen molar-refractivity contribution in [1.82, 2.24) is 5.32 Å². The maximum Gasteiger partial charge on any atom is 0.278 e. The van der Waals surface area contributed by atoms with E-state index < -0.39 is 0 Å². The number of hydrogen-bond acceptors (Lipinski definition) is 1. The molecule has 1 unspecified atom stereocenters. The molecule has 3 nitrogen and oxygen atoms in total. The maximum atomic E-state index is 11.5. The Labute approximate surface area is 87.4 Å². The van der Waals surface area contributed by atoms with Gasteiger partial charge in [-0.15, -0.1) is 0 Å². The molecule has 1 atom stereocenters. The van der Waals surface area contributed by atoms with E-state index in [0.717, 1.165) is 19.4 Å². The molecule has 0 rings (SSSR count). The molecule has 0 bridgehead atoms. The van der Waals surface area contributed by atoms with Gasteiger partial charge in [0.25, 0.3) is 5.91 Å². The monoisotopic (exact) mass is 201 g/mol. The van der Waals surface area contributed by atoms with Gasteiger partial charge in [-0.2, -0.15) is 0 Å². The van der Waals surface area contributed by atoms with Crippen LogP contribution in [0.15, 0.2) is 0 Å². The summed E-state index contributed by atoms with van der Waals surface area (Å²) in [5.74, 6) is 0.622. The van der Waals surface area contributed by atoms with Crippen molar-refractivity contribution >= 4 is 5.91 Å². The summed E-state index contributed by atoms with van der Waals surface area (Å²) < 4.78 is 0. The number of carbonyl (C=O) groups excluding carboxylic acids is 1. The normalized spacial score (nSPS) is 12.9. The summed E-state index contributed by atoms with van der Waals surface area (Å²) in [5, 5.41) is 2.91. The van der Waals surface area contributed by atoms with Gasteiger partial charge >= 0.3 is 0 Å². The highest BCUT2D eigenvalue weighted by molar-refractivity contribution is 5.79. The number of quaternary nitrogens is 1. The van der Waals surface area contributed by atoms with E-state index in [9.17, 15) is 4.79 Å². The molecular formula is C11H25N2O+. The van der Waals surface area contributed by atoms with E-state index in [2.05, 4.69) is 31.8 Å². The molecule has 3 heteroatoms. The molecule has 0 fully saturated rings. The van der Waals surface area contributed by atoms with Crippen molar-refractivity contribution in [2.45, 2.75) is 52.5 Å². The van der Waals surface area contributed by atoms with Crippen LogP contribution in [0.1, 0.15) is 46.5 Å². The van der Waals surface area contributed by atoms with Crippen LogP contribution < -0.4 is 11.1 Å². The van der Waals surface area contributed by atoms with Crippen LogP contribution in [0.2, 0.25) is 0 Å². The molecule has 4 N–H and O–H groups in total. The second-order valence-electron chi connectivity index (χ2n) is 4.33. The number of rotatable bonds is 7. The first-order valence-corrected chi connectivity index (χ1v) is 5.68. The summed E-state index contributed by atoms with van der Waals surface area (Å²) in [7, 11) is 0. The van der Waals surface area contributed by atoms with Crippen molar-refractivity contribution < 1.29 is 10.5 Å². The zero-order valence-corrected chi connectivity index (χ0v) is 9.81. The van der Waals surface area contributed by atoms with E-state index in [1.807, 2.05) is 0 Å². The summed E-state index contributed by atoms with van der Waals surface area (Å²) in [6.07, 6.45) is 4.42. The zero-order chi connectivity index (χ0) is 11.0. The Morgan fingerprint density at radius 2 is 2.00 bits per heavy atom. The number of amides is 1. The van der Waals surface area contributed by atoms with E-state index in [1.54, 1.807) is 0 Å². The average molecular weight is 201 g/mol. The molecule has 0 aliphatic rings. The lowest BCUT2D eigenvalue weighted by Crippen LogP contribution is -2.67. The molecule has 0 aromatic heterocycles. The lowest BCUT2D eigenvalue weighted by Gasteiger charge is -2.10. The van der Waals surface area contributed by atoms with Crippen LogP contribution in [0.3, 0.4) is 0 Å². The Kier molecular flexibility index (Phi) is 7.48. The summed E-state index contributed by atoms with van der Waals surface area (Å²) in [4.78, 5) is 11.5. The predicted molar refractivity (Wildman–Crippen MR) is 58.7 cm³/mol. The molecule has 0 aliphatic carbocycles. The lowest BCUT2D eigenvalue weighted by molar-refractivity contribution is -0.405. The van der Waals surface area contributed by atoms with Gasteiger partial charge in [-0.25, -0.2) is 0 Å². The van der Waals surface area contributed by atoms with Crippen molar-refractivity contribution in [3.63, 3.8) is 0 Å². The Bertz CT molecular complexity index is 157. The van der Waals surface area contributed by atoms with Crippen LogP contribution in [-0.4, -0.2) is 18.5 Å². The molecule has 0 radical (unpaired) electrons. The van der Waals surface area contributed by atoms with Crippen LogP contribution in [-0.2, 0) is 4.79 Å². The minimum Gasteiger partial charge on any atom is -0.351 e. The molecule has 0 saturated heterocycles. The molecule has 0 aliphatic heterocycles. The van der Waals surface area contributed by atoms with Gasteiger partial charge in [0, 0.05) is 13.0 Å². The third kappa shape index (κ3) is 6.89. The highest BCUT2D eigenvalue weighted by atomic mass is 16.2. The lowest BCUT2D eigenvalue weighted by atomic mass is 10.1. The standard InChI is InChI=1S/C11H24N2O/c1-4-5-6-7-10(12)11(14)13-8-9(2)3/h9-10H,4-8,12H2,1-3H3,(H,13,14)/p+1. The first kappa shape index (κ1) is 13.4. The van der Waals surface area contributed by atoms with Crippen molar-refractivity contribution in [1.29, 1.82) is 0 Å². The van der Waals surface area contributed by atoms with Crippen LogP contribution in [0.25, 0.3) is 0 Å². The maximum absolute atomic E-state index is 11.5. The number of nitrogens with one attached hydrogen (secondary N) is 1. The topological polar surface area (TPSA) is 56.7 Å². The van der Waals surface area contributed by atoms with Crippen LogP contribution in [0.4, 0.5) is 0 Å². The minimum absolute atomic E-state index is 0.0692. The van der Waals surface area contributed by atoms with Crippen molar-refractivity contribution in [3.05, 3.63) is 0 Å². The van der Waals surface area contributed by atoms with E-state index in [0.29, 0.717) is 5.92 Å². The highest BCUT2D eigenvalue weighted by Gasteiger charge is 2.15. The van der Waals surface area contributed by atoms with Crippen LogP contribution >= 0.6 is 0 Å². The quantitative estimate of drug-likeness (QED) is 0.592. The first-order valence-electron chi connectivity index (χ1n) is 5.68. The van der Waals surface area contributed by atoms with E-state index in [4.69, 9.17) is 0 Å². The van der Waals surface area contributed by atoms with E-state index in [1.165, 1.54) is 12.8 Å². The van der Waals surface area contributed by atoms with Crippen molar-refractivity contribution in [3.8, 4) is 0 Å². The Hall–Kier alpha value is -0.570. The SMILES string of the molecule is CCCCCC([NH3+])C(=O)NCC(C)C. The van der Waals surface area contributed by atoms with E-state index in [-0.39, 0.29) is 11.9 Å². The molecule has 1 amide bonds. The van der Waals surface area contributed by atoms with Gasteiger partial charge in [0.15, 0.2) is 6.04 Å². The van der Waals surface area contributed by atoms with Gasteiger partial charge in [0.1, 0.15) is 0 Å². The Morgan fingerprint density at radius 3 is 2.50 bits per heavy atom. The molecular weight excluding hydrogens is 176 g/mol. The molecule has 0 aromatic rings. The van der Waals surface area contributed by atoms with Gasteiger partial charge in [-0.3, -0.25) is 4.79 Å². The molecule has 0 heterocycles. The first-order chi connectivity index (χ1) is 6.57. The third-order valence-electron chi connectivity index (χ3n) is 2.21. The molecule has 0 aromatic carbocycles. The smallest absolute Gasteiger partial charge is 0.278 e. The number of unbranched alkanes of at least 4 members (excludes halogenated alkanes) is 2. The fourth-order valence-corrected chi connectivity index (χ4v) is 1.22. The predicted octanol–water partition coefficient (Wildman–Crippen LogP) is 0.949. The molecule has 0 spiro atoms. The minimum atomic E-state index is -0.0692. The number of carbonyl (C=O) groups is 1. The fraction of sp³-hybridized carbons (Fsp3) is 0.909. The van der Waals surface area contributed by atoms with Crippen LogP contribution in [0.5, 0.6) is 0 Å². The number of hydrogen-bond donors (Lipinski definition) is 2. The third-order valence-corrected chi connectivity index (χ3v) is 2.21. The summed E-state index contributed by atoms with van der Waals surface area (Å²) in [5.41, 5.74) is 3.88. The van der Waals surface area contributed by atoms with Gasteiger partial charge in [-0.05, 0) is 12.3 Å². The largest absolute Gasteiger partial charge is 0.351 e. The van der Waals surface area contributed by atoms with Crippen molar-refractivity contribution in [2.24, 2.45) is 5.92 Å².